The molecule has 98 valence electrons. The molecule has 0 bridgehead atoms. The highest BCUT2D eigenvalue weighted by Crippen LogP contribution is 2.23. The standard InChI is InChI=1S/C13H17ClN2OS/c1-4-16(8-9(2)7-15)10(3)13(17)11-5-6-12(14)18-11/h5-6,9-10H,4,8H2,1-3H3. The van der Waals surface area contributed by atoms with E-state index < -0.39 is 0 Å². The molecule has 5 heteroatoms. The number of nitriles is 1. The number of nitrogens with zero attached hydrogens (tertiary/aromatic N) is 2. The maximum absolute atomic E-state index is 12.3. The van der Waals surface area contributed by atoms with Crippen molar-refractivity contribution in [2.75, 3.05) is 13.1 Å². The van der Waals surface area contributed by atoms with Gasteiger partial charge in [0.15, 0.2) is 5.78 Å². The molecule has 2 atom stereocenters. The Kier molecular flexibility index (Phi) is 5.80. The fourth-order valence-corrected chi connectivity index (χ4v) is 2.84. The average Bonchev–Trinajstić information content (AvgIpc) is 2.80. The van der Waals surface area contributed by atoms with Crippen LogP contribution in [-0.4, -0.2) is 29.8 Å². The van der Waals surface area contributed by atoms with Crippen LogP contribution in [0.4, 0.5) is 0 Å². The molecule has 0 amide bonds. The van der Waals surface area contributed by atoms with Crippen LogP contribution < -0.4 is 0 Å². The maximum Gasteiger partial charge on any atom is 0.189 e. The summed E-state index contributed by atoms with van der Waals surface area (Å²) in [5.41, 5.74) is 0. The fourth-order valence-electron chi connectivity index (χ4n) is 1.77. The molecule has 1 aromatic rings. The molecule has 1 aromatic heterocycles. The third-order valence-corrected chi connectivity index (χ3v) is 4.12. The van der Waals surface area contributed by atoms with Gasteiger partial charge in [-0.3, -0.25) is 9.69 Å². The van der Waals surface area contributed by atoms with E-state index in [-0.39, 0.29) is 17.7 Å². The van der Waals surface area contributed by atoms with Crippen LogP contribution in [0.1, 0.15) is 30.4 Å². The molecular formula is C13H17ClN2OS. The predicted octanol–water partition coefficient (Wildman–Crippen LogP) is 3.45. The minimum atomic E-state index is -0.222. The van der Waals surface area contributed by atoms with Crippen molar-refractivity contribution >= 4 is 28.7 Å². The second-order valence-electron chi connectivity index (χ2n) is 4.26. The summed E-state index contributed by atoms with van der Waals surface area (Å²) >= 11 is 7.14. The second kappa shape index (κ2) is 6.89. The van der Waals surface area contributed by atoms with Crippen LogP contribution in [0.5, 0.6) is 0 Å². The van der Waals surface area contributed by atoms with Crippen molar-refractivity contribution in [1.82, 2.24) is 4.90 Å². The zero-order valence-electron chi connectivity index (χ0n) is 10.8. The van der Waals surface area contributed by atoms with Gasteiger partial charge >= 0.3 is 0 Å². The first-order chi connectivity index (χ1) is 8.49. The summed E-state index contributed by atoms with van der Waals surface area (Å²) in [4.78, 5) is 14.9. The van der Waals surface area contributed by atoms with Gasteiger partial charge in [0.2, 0.25) is 0 Å². The lowest BCUT2D eigenvalue weighted by Gasteiger charge is -2.27. The van der Waals surface area contributed by atoms with Gasteiger partial charge in [0.05, 0.1) is 27.2 Å². The summed E-state index contributed by atoms with van der Waals surface area (Å²) in [6, 6.07) is 5.47. The Hall–Kier alpha value is -0.890. The van der Waals surface area contributed by atoms with Crippen molar-refractivity contribution in [3.05, 3.63) is 21.3 Å². The lowest BCUT2D eigenvalue weighted by Crippen LogP contribution is -2.41. The van der Waals surface area contributed by atoms with E-state index in [4.69, 9.17) is 16.9 Å². The van der Waals surface area contributed by atoms with E-state index in [1.807, 2.05) is 25.7 Å². The van der Waals surface area contributed by atoms with Crippen LogP contribution in [0, 0.1) is 17.2 Å². The van der Waals surface area contributed by atoms with Crippen LogP contribution in [-0.2, 0) is 0 Å². The monoisotopic (exact) mass is 284 g/mol. The molecule has 0 aliphatic rings. The minimum Gasteiger partial charge on any atom is -0.292 e. The van der Waals surface area contributed by atoms with E-state index in [9.17, 15) is 4.79 Å². The Morgan fingerprint density at radius 3 is 2.67 bits per heavy atom. The van der Waals surface area contributed by atoms with Crippen LogP contribution >= 0.6 is 22.9 Å². The molecule has 0 aromatic carbocycles. The van der Waals surface area contributed by atoms with Gasteiger partial charge in [0, 0.05) is 6.54 Å². The first kappa shape index (κ1) is 15.2. The van der Waals surface area contributed by atoms with Crippen molar-refractivity contribution in [1.29, 1.82) is 5.26 Å². The van der Waals surface area contributed by atoms with E-state index in [0.717, 1.165) is 6.54 Å². The molecule has 0 saturated heterocycles. The molecular weight excluding hydrogens is 268 g/mol. The van der Waals surface area contributed by atoms with Gasteiger partial charge in [-0.1, -0.05) is 18.5 Å². The third kappa shape index (κ3) is 3.81. The number of thiophene rings is 1. The normalized spacial score (nSPS) is 14.2. The molecule has 18 heavy (non-hydrogen) atoms. The molecule has 0 fully saturated rings. The molecule has 2 unspecified atom stereocenters. The molecule has 0 spiro atoms. The molecule has 1 heterocycles. The number of halogens is 1. The average molecular weight is 285 g/mol. The Bertz CT molecular complexity index is 452. The summed E-state index contributed by atoms with van der Waals surface area (Å²) in [6.07, 6.45) is 0. The Morgan fingerprint density at radius 1 is 1.56 bits per heavy atom. The molecule has 0 aliphatic heterocycles. The SMILES string of the molecule is CCN(CC(C)C#N)C(C)C(=O)c1ccc(Cl)s1. The molecule has 3 nitrogen and oxygen atoms in total. The van der Waals surface area contributed by atoms with Gasteiger partial charge in [-0.25, -0.2) is 0 Å². The number of rotatable bonds is 6. The third-order valence-electron chi connectivity index (χ3n) is 2.88. The number of ketones is 1. The van der Waals surface area contributed by atoms with Gasteiger partial charge in [-0.15, -0.1) is 11.3 Å². The number of carbonyl (C=O) groups excluding carboxylic acids is 1. The van der Waals surface area contributed by atoms with Gasteiger partial charge in [-0.2, -0.15) is 5.26 Å². The van der Waals surface area contributed by atoms with Crippen LogP contribution in [0.2, 0.25) is 4.34 Å². The Morgan fingerprint density at radius 2 is 2.22 bits per heavy atom. The smallest absolute Gasteiger partial charge is 0.189 e. The lowest BCUT2D eigenvalue weighted by molar-refractivity contribution is 0.0839. The summed E-state index contributed by atoms with van der Waals surface area (Å²) in [5, 5.41) is 8.84. The van der Waals surface area contributed by atoms with Crippen molar-refractivity contribution < 1.29 is 4.79 Å². The molecule has 0 N–H and O–H groups in total. The summed E-state index contributed by atoms with van der Waals surface area (Å²) in [5.74, 6) is -0.00832. The van der Waals surface area contributed by atoms with Gasteiger partial charge in [0.1, 0.15) is 0 Å². The van der Waals surface area contributed by atoms with Crippen molar-refractivity contribution in [3.63, 3.8) is 0 Å². The Balaban J connectivity index is 2.75. The van der Waals surface area contributed by atoms with Gasteiger partial charge in [0.25, 0.3) is 0 Å². The van der Waals surface area contributed by atoms with Crippen molar-refractivity contribution in [2.45, 2.75) is 26.8 Å². The van der Waals surface area contributed by atoms with E-state index in [1.165, 1.54) is 11.3 Å². The lowest BCUT2D eigenvalue weighted by atomic mass is 10.1. The largest absolute Gasteiger partial charge is 0.292 e. The highest BCUT2D eigenvalue weighted by molar-refractivity contribution is 7.18. The van der Waals surface area contributed by atoms with Crippen LogP contribution in [0.25, 0.3) is 0 Å². The number of Topliss-reactive ketones (excluding diaryl/α,β-unsaturated/α-hetero) is 1. The van der Waals surface area contributed by atoms with Crippen LogP contribution in [0.3, 0.4) is 0 Å². The van der Waals surface area contributed by atoms with Gasteiger partial charge < -0.3 is 0 Å². The first-order valence-corrected chi connectivity index (χ1v) is 7.12. The highest BCUT2D eigenvalue weighted by Gasteiger charge is 2.23. The van der Waals surface area contributed by atoms with Gasteiger partial charge in [-0.05, 0) is 32.5 Å². The van der Waals surface area contributed by atoms with Crippen molar-refractivity contribution in [2.24, 2.45) is 5.92 Å². The Labute approximate surface area is 117 Å². The molecule has 0 aliphatic carbocycles. The van der Waals surface area contributed by atoms with E-state index >= 15 is 0 Å². The zero-order chi connectivity index (χ0) is 13.7. The number of carbonyl (C=O) groups is 1. The number of likely N-dealkylation sites (N-methyl/N-ethyl adjacent to an activating group) is 1. The molecule has 0 radical (unpaired) electrons. The quantitative estimate of drug-likeness (QED) is 0.752. The topological polar surface area (TPSA) is 44.1 Å². The predicted molar refractivity (Wildman–Crippen MR) is 75.1 cm³/mol. The summed E-state index contributed by atoms with van der Waals surface area (Å²) < 4.78 is 0.624. The van der Waals surface area contributed by atoms with Crippen LogP contribution in [0.15, 0.2) is 12.1 Å². The molecule has 0 saturated carbocycles. The van der Waals surface area contributed by atoms with Crippen molar-refractivity contribution in [3.8, 4) is 6.07 Å². The highest BCUT2D eigenvalue weighted by atomic mass is 35.5. The number of hydrogen-bond acceptors (Lipinski definition) is 4. The number of hydrogen-bond donors (Lipinski definition) is 0. The van der Waals surface area contributed by atoms with E-state index in [1.54, 1.807) is 12.1 Å². The van der Waals surface area contributed by atoms with E-state index in [2.05, 4.69) is 6.07 Å². The molecule has 1 rings (SSSR count). The van der Waals surface area contributed by atoms with E-state index in [0.29, 0.717) is 15.8 Å². The minimum absolute atomic E-state index is 0.0684. The fraction of sp³-hybridized carbons (Fsp3) is 0.538. The first-order valence-electron chi connectivity index (χ1n) is 5.92. The summed E-state index contributed by atoms with van der Waals surface area (Å²) in [7, 11) is 0. The maximum atomic E-state index is 12.3. The zero-order valence-corrected chi connectivity index (χ0v) is 12.4. The summed E-state index contributed by atoms with van der Waals surface area (Å²) in [6.45, 7) is 7.09. The second-order valence-corrected chi connectivity index (χ2v) is 5.98.